The van der Waals surface area contributed by atoms with Crippen molar-refractivity contribution >= 4 is 17.5 Å². The molecule has 0 amide bonds. The van der Waals surface area contributed by atoms with E-state index in [4.69, 9.17) is 14.2 Å². The molecular weight excluding hydrogens is 252 g/mol. The van der Waals surface area contributed by atoms with Crippen LogP contribution < -0.4 is 10.6 Å². The van der Waals surface area contributed by atoms with Gasteiger partial charge in [-0.2, -0.15) is 0 Å². The highest BCUT2D eigenvalue weighted by atomic mass is 16.6. The van der Waals surface area contributed by atoms with Crippen LogP contribution in [0.1, 0.15) is 17.4 Å². The lowest BCUT2D eigenvalue weighted by Crippen LogP contribution is -2.51. The summed E-state index contributed by atoms with van der Waals surface area (Å²) in [6.45, 7) is 3.04. The Morgan fingerprint density at radius 3 is 2.84 bits per heavy atom. The normalized spacial score (nSPS) is 24.5. The number of hydrogen-bond acceptors (Lipinski definition) is 8. The van der Waals surface area contributed by atoms with Crippen LogP contribution in [0.3, 0.4) is 0 Å². The zero-order valence-corrected chi connectivity index (χ0v) is 10.4. The third-order valence-corrected chi connectivity index (χ3v) is 2.83. The molecule has 2 aliphatic rings. The number of carbonyl (C=O) groups is 1. The van der Waals surface area contributed by atoms with Gasteiger partial charge in [0.05, 0.1) is 19.8 Å². The second-order valence-electron chi connectivity index (χ2n) is 4.04. The molecule has 0 saturated carbocycles. The van der Waals surface area contributed by atoms with E-state index in [9.17, 15) is 4.79 Å². The summed E-state index contributed by atoms with van der Waals surface area (Å²) in [7, 11) is 0. The van der Waals surface area contributed by atoms with E-state index in [1.54, 1.807) is 6.92 Å². The van der Waals surface area contributed by atoms with Crippen LogP contribution >= 0.6 is 0 Å². The van der Waals surface area contributed by atoms with E-state index in [2.05, 4.69) is 20.6 Å². The molecule has 0 radical (unpaired) electrons. The molecule has 1 saturated heterocycles. The van der Waals surface area contributed by atoms with Gasteiger partial charge in [-0.3, -0.25) is 0 Å². The highest BCUT2D eigenvalue weighted by Crippen LogP contribution is 2.30. The number of nitrogens with one attached hydrogen (secondary N) is 2. The number of nitrogens with zero attached hydrogens (tertiary/aromatic N) is 2. The maximum Gasteiger partial charge on any atom is 0.359 e. The van der Waals surface area contributed by atoms with Crippen molar-refractivity contribution in [3.05, 3.63) is 12.0 Å². The third kappa shape index (κ3) is 2.20. The fourth-order valence-corrected chi connectivity index (χ4v) is 2.02. The minimum Gasteiger partial charge on any atom is -0.461 e. The zero-order chi connectivity index (χ0) is 13.2. The number of aromatic nitrogens is 2. The van der Waals surface area contributed by atoms with Crippen molar-refractivity contribution in [3.63, 3.8) is 0 Å². The highest BCUT2D eigenvalue weighted by molar-refractivity contribution is 5.96. The Kier molecular flexibility index (Phi) is 3.18. The molecule has 0 aliphatic carbocycles. The minimum atomic E-state index is -0.495. The van der Waals surface area contributed by atoms with Crippen molar-refractivity contribution in [2.75, 3.05) is 30.5 Å². The largest absolute Gasteiger partial charge is 0.461 e. The summed E-state index contributed by atoms with van der Waals surface area (Å²) < 4.78 is 16.0. The molecule has 0 bridgehead atoms. The molecule has 102 valence electrons. The smallest absolute Gasteiger partial charge is 0.359 e. The molecule has 2 atom stereocenters. The van der Waals surface area contributed by atoms with E-state index < -0.39 is 5.97 Å². The van der Waals surface area contributed by atoms with Gasteiger partial charge >= 0.3 is 5.97 Å². The third-order valence-electron chi connectivity index (χ3n) is 2.83. The van der Waals surface area contributed by atoms with Gasteiger partial charge in [0.15, 0.2) is 24.0 Å². The average Bonchev–Trinajstić information content (AvgIpc) is 2.44. The molecule has 8 nitrogen and oxygen atoms in total. The molecular formula is C11H14N4O4. The highest BCUT2D eigenvalue weighted by Gasteiger charge is 2.35. The maximum absolute atomic E-state index is 11.8. The summed E-state index contributed by atoms with van der Waals surface area (Å²) >= 11 is 0. The Labute approximate surface area is 109 Å². The lowest BCUT2D eigenvalue weighted by Gasteiger charge is -2.37. The zero-order valence-electron chi connectivity index (χ0n) is 10.4. The number of hydrogen-bond donors (Lipinski definition) is 2. The molecule has 1 aromatic rings. The first kappa shape index (κ1) is 12.1. The fraction of sp³-hybridized carbons (Fsp3) is 0.545. The molecule has 0 spiro atoms. The number of carbonyl (C=O) groups excluding carboxylic acids is 1. The van der Waals surface area contributed by atoms with Crippen molar-refractivity contribution in [2.24, 2.45) is 0 Å². The fourth-order valence-electron chi connectivity index (χ4n) is 2.02. The van der Waals surface area contributed by atoms with E-state index >= 15 is 0 Å². The molecule has 2 N–H and O–H groups in total. The van der Waals surface area contributed by atoms with Gasteiger partial charge in [-0.05, 0) is 6.92 Å². The summed E-state index contributed by atoms with van der Waals surface area (Å²) in [5.41, 5.74) is 0.666. The molecule has 2 aliphatic heterocycles. The van der Waals surface area contributed by atoms with Crippen LogP contribution in [0.4, 0.5) is 11.5 Å². The van der Waals surface area contributed by atoms with Gasteiger partial charge in [0.1, 0.15) is 12.0 Å². The van der Waals surface area contributed by atoms with Crippen LogP contribution in [-0.4, -0.2) is 48.2 Å². The molecule has 2 unspecified atom stereocenters. The number of anilines is 2. The van der Waals surface area contributed by atoms with Crippen molar-refractivity contribution in [1.82, 2.24) is 9.97 Å². The molecule has 3 rings (SSSR count). The van der Waals surface area contributed by atoms with Gasteiger partial charge in [-0.15, -0.1) is 0 Å². The van der Waals surface area contributed by atoms with Gasteiger partial charge in [-0.25, -0.2) is 14.8 Å². The van der Waals surface area contributed by atoms with Crippen LogP contribution in [0.2, 0.25) is 0 Å². The van der Waals surface area contributed by atoms with E-state index in [0.29, 0.717) is 24.7 Å². The standard InChI is InChI=1S/C11H14N4O4/c1-2-17-11(16)7-6-8(13-5-12-7)15-10-9(14-6)18-3-4-19-10/h5,9-10,14H,2-4H2,1H3,(H,12,13,15). The van der Waals surface area contributed by atoms with Crippen molar-refractivity contribution in [2.45, 2.75) is 19.4 Å². The first-order valence-electron chi connectivity index (χ1n) is 6.08. The van der Waals surface area contributed by atoms with Crippen LogP contribution in [0, 0.1) is 0 Å². The summed E-state index contributed by atoms with van der Waals surface area (Å²) in [5, 5.41) is 6.14. The van der Waals surface area contributed by atoms with Gasteiger partial charge < -0.3 is 24.8 Å². The summed E-state index contributed by atoms with van der Waals surface area (Å²) in [4.78, 5) is 19.9. The predicted molar refractivity (Wildman–Crippen MR) is 64.7 cm³/mol. The second kappa shape index (κ2) is 4.98. The average molecular weight is 266 g/mol. The monoisotopic (exact) mass is 266 g/mol. The second-order valence-corrected chi connectivity index (χ2v) is 4.04. The molecule has 1 aromatic heterocycles. The molecule has 1 fully saturated rings. The Bertz CT molecular complexity index is 496. The number of esters is 1. The Hall–Kier alpha value is -1.93. The Balaban J connectivity index is 1.92. The van der Waals surface area contributed by atoms with Crippen LogP contribution in [-0.2, 0) is 14.2 Å². The van der Waals surface area contributed by atoms with Crippen LogP contribution in [0.25, 0.3) is 0 Å². The van der Waals surface area contributed by atoms with Crippen LogP contribution in [0.15, 0.2) is 6.33 Å². The van der Waals surface area contributed by atoms with E-state index in [1.165, 1.54) is 6.33 Å². The van der Waals surface area contributed by atoms with Crippen molar-refractivity contribution < 1.29 is 19.0 Å². The summed E-state index contributed by atoms with van der Waals surface area (Å²) in [6, 6.07) is 0. The quantitative estimate of drug-likeness (QED) is 0.732. The van der Waals surface area contributed by atoms with Crippen LogP contribution in [0.5, 0.6) is 0 Å². The minimum absolute atomic E-state index is 0.187. The van der Waals surface area contributed by atoms with E-state index in [0.717, 1.165) is 0 Å². The molecule has 3 heterocycles. The molecule has 19 heavy (non-hydrogen) atoms. The van der Waals surface area contributed by atoms with Crippen molar-refractivity contribution in [3.8, 4) is 0 Å². The maximum atomic E-state index is 11.8. The lowest BCUT2D eigenvalue weighted by molar-refractivity contribution is -0.118. The predicted octanol–water partition coefficient (Wildman–Crippen LogP) is 0.190. The topological polar surface area (TPSA) is 94.6 Å². The molecule has 0 aromatic carbocycles. The molecule has 8 heteroatoms. The SMILES string of the molecule is CCOC(=O)c1ncnc2c1NC1OCCOC1N2. The summed E-state index contributed by atoms with van der Waals surface area (Å²) in [6.07, 6.45) is 0.607. The number of rotatable bonds is 2. The Morgan fingerprint density at radius 2 is 2.11 bits per heavy atom. The van der Waals surface area contributed by atoms with E-state index in [-0.39, 0.29) is 24.8 Å². The lowest BCUT2D eigenvalue weighted by atomic mass is 10.2. The van der Waals surface area contributed by atoms with Crippen molar-refractivity contribution in [1.29, 1.82) is 0 Å². The first-order chi connectivity index (χ1) is 9.29. The first-order valence-corrected chi connectivity index (χ1v) is 6.08. The van der Waals surface area contributed by atoms with Gasteiger partial charge in [0, 0.05) is 0 Å². The van der Waals surface area contributed by atoms with Gasteiger partial charge in [-0.1, -0.05) is 0 Å². The Morgan fingerprint density at radius 1 is 1.37 bits per heavy atom. The van der Waals surface area contributed by atoms with Gasteiger partial charge in [0.25, 0.3) is 0 Å². The summed E-state index contributed by atoms with van der Waals surface area (Å²) in [5.74, 6) is 0.00966. The number of ether oxygens (including phenoxy) is 3. The number of fused-ring (bicyclic) bond motifs is 2. The van der Waals surface area contributed by atoms with E-state index in [1.807, 2.05) is 0 Å². The van der Waals surface area contributed by atoms with Gasteiger partial charge in [0.2, 0.25) is 0 Å².